The Morgan fingerprint density at radius 2 is 2.04 bits per heavy atom. The molecular weight excluding hydrogens is 300 g/mol. The van der Waals surface area contributed by atoms with Crippen molar-refractivity contribution in [2.75, 3.05) is 6.54 Å². The van der Waals surface area contributed by atoms with Gasteiger partial charge in [-0.2, -0.15) is 0 Å². The zero-order valence-corrected chi connectivity index (χ0v) is 14.7. The average molecular weight is 330 g/mol. The van der Waals surface area contributed by atoms with E-state index in [9.17, 15) is 4.79 Å². The van der Waals surface area contributed by atoms with Crippen LogP contribution in [-0.4, -0.2) is 24.1 Å². The van der Waals surface area contributed by atoms with Crippen LogP contribution in [0.3, 0.4) is 0 Å². The van der Waals surface area contributed by atoms with E-state index in [0.29, 0.717) is 25.0 Å². The molecule has 1 atom stereocenters. The Balaban J connectivity index is 1.49. The number of aryl methyl sites for hydroxylation is 1. The molecule has 0 aliphatic heterocycles. The van der Waals surface area contributed by atoms with E-state index >= 15 is 0 Å². The molecule has 4 heteroatoms. The van der Waals surface area contributed by atoms with E-state index in [1.54, 1.807) is 0 Å². The minimum Gasteiger partial charge on any atom is -0.490 e. The van der Waals surface area contributed by atoms with Crippen LogP contribution >= 0.6 is 0 Å². The maximum absolute atomic E-state index is 12.3. The van der Waals surface area contributed by atoms with Crippen LogP contribution in [0.15, 0.2) is 24.3 Å². The standard InChI is InChI=1S/C20H30N2O2/c1-20(14-21,16-10-11-16)22-19(23)12-9-15-5-4-8-18(13-15)24-17-6-2-3-7-17/h4-5,8,13,16-17H,2-3,6-7,9-12,14,21H2,1H3,(H,22,23). The largest absolute Gasteiger partial charge is 0.490 e. The highest BCUT2D eigenvalue weighted by Gasteiger charge is 2.41. The Hall–Kier alpha value is -1.55. The molecule has 4 nitrogen and oxygen atoms in total. The number of ether oxygens (including phenoxy) is 1. The predicted molar refractivity (Wildman–Crippen MR) is 96.0 cm³/mol. The lowest BCUT2D eigenvalue weighted by atomic mass is 9.95. The summed E-state index contributed by atoms with van der Waals surface area (Å²) >= 11 is 0. The summed E-state index contributed by atoms with van der Waals surface area (Å²) in [5, 5.41) is 3.15. The van der Waals surface area contributed by atoms with Crippen molar-refractivity contribution >= 4 is 5.91 Å². The van der Waals surface area contributed by atoms with Crippen LogP contribution < -0.4 is 15.8 Å². The number of carbonyl (C=O) groups excluding carboxylic acids is 1. The molecule has 1 aromatic carbocycles. The van der Waals surface area contributed by atoms with Crippen molar-refractivity contribution < 1.29 is 9.53 Å². The second-order valence-electron chi connectivity index (χ2n) is 7.62. The van der Waals surface area contributed by atoms with E-state index < -0.39 is 0 Å². The van der Waals surface area contributed by atoms with Gasteiger partial charge >= 0.3 is 0 Å². The summed E-state index contributed by atoms with van der Waals surface area (Å²) in [6.45, 7) is 2.58. The smallest absolute Gasteiger partial charge is 0.220 e. The SMILES string of the molecule is CC(CN)(NC(=O)CCc1cccc(OC2CCCC2)c1)C1CC1. The van der Waals surface area contributed by atoms with E-state index in [0.717, 1.165) is 30.6 Å². The van der Waals surface area contributed by atoms with Crippen LogP contribution in [0.5, 0.6) is 5.75 Å². The summed E-state index contributed by atoms with van der Waals surface area (Å²) < 4.78 is 6.04. The highest BCUT2D eigenvalue weighted by atomic mass is 16.5. The highest BCUT2D eigenvalue weighted by Crippen LogP contribution is 2.39. The van der Waals surface area contributed by atoms with Crippen molar-refractivity contribution in [1.29, 1.82) is 0 Å². The molecule has 0 aromatic heterocycles. The van der Waals surface area contributed by atoms with Gasteiger partial charge in [-0.15, -0.1) is 0 Å². The first-order chi connectivity index (χ1) is 11.6. The second-order valence-corrected chi connectivity index (χ2v) is 7.62. The minimum atomic E-state index is -0.232. The lowest BCUT2D eigenvalue weighted by molar-refractivity contribution is -0.123. The van der Waals surface area contributed by atoms with Gasteiger partial charge in [0, 0.05) is 13.0 Å². The number of rotatable bonds is 8. The van der Waals surface area contributed by atoms with Gasteiger partial charge in [-0.1, -0.05) is 12.1 Å². The molecule has 0 heterocycles. The van der Waals surface area contributed by atoms with Gasteiger partial charge in [0.15, 0.2) is 0 Å². The molecule has 3 N–H and O–H groups in total. The van der Waals surface area contributed by atoms with Crippen molar-refractivity contribution in [1.82, 2.24) is 5.32 Å². The molecule has 1 unspecified atom stereocenters. The van der Waals surface area contributed by atoms with Gasteiger partial charge in [0.2, 0.25) is 5.91 Å². The molecule has 1 aromatic rings. The van der Waals surface area contributed by atoms with Gasteiger partial charge in [0.25, 0.3) is 0 Å². The van der Waals surface area contributed by atoms with E-state index in [-0.39, 0.29) is 11.4 Å². The molecule has 2 aliphatic carbocycles. The van der Waals surface area contributed by atoms with Crippen molar-refractivity contribution in [2.24, 2.45) is 11.7 Å². The van der Waals surface area contributed by atoms with Gasteiger partial charge in [-0.25, -0.2) is 0 Å². The van der Waals surface area contributed by atoms with Crippen LogP contribution in [0.25, 0.3) is 0 Å². The fourth-order valence-electron chi connectivity index (χ4n) is 3.65. The van der Waals surface area contributed by atoms with Gasteiger partial charge < -0.3 is 15.8 Å². The fourth-order valence-corrected chi connectivity index (χ4v) is 3.65. The lowest BCUT2D eigenvalue weighted by Crippen LogP contribution is -2.53. The van der Waals surface area contributed by atoms with Gasteiger partial charge in [-0.05, 0) is 75.5 Å². The van der Waals surface area contributed by atoms with Crippen molar-refractivity contribution in [2.45, 2.75) is 69.9 Å². The molecule has 0 spiro atoms. The summed E-state index contributed by atoms with van der Waals surface area (Å²) in [6.07, 6.45) is 8.80. The minimum absolute atomic E-state index is 0.0944. The normalized spacial score (nSPS) is 20.6. The topological polar surface area (TPSA) is 64.3 Å². The van der Waals surface area contributed by atoms with E-state index in [1.807, 2.05) is 12.1 Å². The number of nitrogens with one attached hydrogen (secondary N) is 1. The highest BCUT2D eigenvalue weighted by molar-refractivity contribution is 5.77. The summed E-state index contributed by atoms with van der Waals surface area (Å²) in [5.41, 5.74) is 6.79. The molecule has 1 amide bonds. The third-order valence-corrected chi connectivity index (χ3v) is 5.47. The van der Waals surface area contributed by atoms with Crippen LogP contribution in [0.4, 0.5) is 0 Å². The summed E-state index contributed by atoms with van der Waals surface area (Å²) in [4.78, 5) is 12.3. The van der Waals surface area contributed by atoms with E-state index in [4.69, 9.17) is 10.5 Å². The predicted octanol–water partition coefficient (Wildman–Crippen LogP) is 3.18. The first-order valence-corrected chi connectivity index (χ1v) is 9.36. The fraction of sp³-hybridized carbons (Fsp3) is 0.650. The number of benzene rings is 1. The quantitative estimate of drug-likeness (QED) is 0.769. The number of hydrogen-bond donors (Lipinski definition) is 2. The first-order valence-electron chi connectivity index (χ1n) is 9.36. The number of hydrogen-bond acceptors (Lipinski definition) is 3. The van der Waals surface area contributed by atoms with Crippen LogP contribution in [0.2, 0.25) is 0 Å². The van der Waals surface area contributed by atoms with Crippen LogP contribution in [0, 0.1) is 5.92 Å². The molecule has 2 saturated carbocycles. The van der Waals surface area contributed by atoms with Gasteiger partial charge in [0.1, 0.15) is 5.75 Å². The molecule has 0 radical (unpaired) electrons. The van der Waals surface area contributed by atoms with Gasteiger partial charge in [0.05, 0.1) is 11.6 Å². The lowest BCUT2D eigenvalue weighted by Gasteiger charge is -2.29. The Kier molecular flexibility index (Phi) is 5.44. The van der Waals surface area contributed by atoms with E-state index in [1.165, 1.54) is 25.7 Å². The van der Waals surface area contributed by atoms with Crippen molar-refractivity contribution in [3.63, 3.8) is 0 Å². The Morgan fingerprint density at radius 3 is 2.71 bits per heavy atom. The summed E-state index contributed by atoms with van der Waals surface area (Å²) in [5.74, 6) is 1.58. The third kappa shape index (κ3) is 4.50. The Morgan fingerprint density at radius 1 is 1.29 bits per heavy atom. The molecule has 3 rings (SSSR count). The molecule has 24 heavy (non-hydrogen) atoms. The van der Waals surface area contributed by atoms with Gasteiger partial charge in [-0.3, -0.25) is 4.79 Å². The molecule has 0 saturated heterocycles. The number of amides is 1. The summed E-state index contributed by atoms with van der Waals surface area (Å²) in [7, 11) is 0. The molecule has 2 aliphatic rings. The number of carbonyl (C=O) groups is 1. The molecule has 132 valence electrons. The van der Waals surface area contributed by atoms with Crippen LogP contribution in [0.1, 0.15) is 57.4 Å². The molecule has 2 fully saturated rings. The first kappa shape index (κ1) is 17.3. The Bertz CT molecular complexity index is 565. The molecule has 0 bridgehead atoms. The maximum Gasteiger partial charge on any atom is 0.220 e. The maximum atomic E-state index is 12.3. The Labute approximate surface area is 145 Å². The monoisotopic (exact) mass is 330 g/mol. The zero-order chi connectivity index (χ0) is 17.0. The van der Waals surface area contributed by atoms with Crippen LogP contribution in [-0.2, 0) is 11.2 Å². The zero-order valence-electron chi connectivity index (χ0n) is 14.7. The van der Waals surface area contributed by atoms with Crippen molar-refractivity contribution in [3.05, 3.63) is 29.8 Å². The van der Waals surface area contributed by atoms with Crippen molar-refractivity contribution in [3.8, 4) is 5.75 Å². The number of nitrogens with two attached hydrogens (primary N) is 1. The molecular formula is C20H30N2O2. The van der Waals surface area contributed by atoms with E-state index in [2.05, 4.69) is 24.4 Å². The summed E-state index contributed by atoms with van der Waals surface area (Å²) in [6, 6.07) is 8.18. The second kappa shape index (κ2) is 7.56. The third-order valence-electron chi connectivity index (χ3n) is 5.47. The average Bonchev–Trinajstić information content (AvgIpc) is 3.33.